The maximum atomic E-state index is 5.58. The number of nitrogens with two attached hydrogens (primary N) is 1. The predicted molar refractivity (Wildman–Crippen MR) is 45.5 cm³/mol. The molecular weight excluding hydrogens is 140 g/mol. The third kappa shape index (κ3) is 2.77. The summed E-state index contributed by atoms with van der Waals surface area (Å²) in [6.45, 7) is 8.03. The molecule has 0 saturated carbocycles. The van der Waals surface area contributed by atoms with Crippen LogP contribution in [-0.2, 0) is 4.74 Å². The van der Waals surface area contributed by atoms with Gasteiger partial charge in [0.1, 0.15) is 0 Å². The molecule has 1 heterocycles. The monoisotopic (exact) mass is 158 g/mol. The second-order valence-electron chi connectivity index (χ2n) is 3.31. The molecule has 0 aromatic rings. The van der Waals surface area contributed by atoms with Crippen molar-refractivity contribution in [2.24, 2.45) is 5.73 Å². The van der Waals surface area contributed by atoms with Gasteiger partial charge in [-0.2, -0.15) is 0 Å². The SMILES string of the molecule is CC1CN(CCN)CC(C)O1. The molecule has 1 saturated heterocycles. The molecule has 0 spiro atoms. The summed E-state index contributed by atoms with van der Waals surface area (Å²) in [5.74, 6) is 0. The highest BCUT2D eigenvalue weighted by atomic mass is 16.5. The van der Waals surface area contributed by atoms with Crippen molar-refractivity contribution in [1.82, 2.24) is 4.90 Å². The zero-order valence-electron chi connectivity index (χ0n) is 7.42. The molecule has 0 bridgehead atoms. The van der Waals surface area contributed by atoms with E-state index in [-0.39, 0.29) is 0 Å². The molecule has 3 nitrogen and oxygen atoms in total. The Balaban J connectivity index is 2.30. The van der Waals surface area contributed by atoms with E-state index in [9.17, 15) is 0 Å². The van der Waals surface area contributed by atoms with Crippen LogP contribution in [0.4, 0.5) is 0 Å². The summed E-state index contributed by atoms with van der Waals surface area (Å²) in [6, 6.07) is 0. The lowest BCUT2D eigenvalue weighted by Gasteiger charge is -2.34. The number of hydrogen-bond acceptors (Lipinski definition) is 3. The van der Waals surface area contributed by atoms with E-state index < -0.39 is 0 Å². The summed E-state index contributed by atoms with van der Waals surface area (Å²) in [4.78, 5) is 2.36. The fourth-order valence-corrected chi connectivity index (χ4v) is 1.65. The normalized spacial score (nSPS) is 34.1. The maximum absolute atomic E-state index is 5.58. The van der Waals surface area contributed by atoms with Crippen LogP contribution >= 0.6 is 0 Å². The fourth-order valence-electron chi connectivity index (χ4n) is 1.65. The van der Waals surface area contributed by atoms with E-state index in [0.717, 1.165) is 26.2 Å². The third-order valence-electron chi connectivity index (χ3n) is 1.94. The molecule has 66 valence electrons. The zero-order chi connectivity index (χ0) is 8.27. The quantitative estimate of drug-likeness (QED) is 0.617. The Bertz CT molecular complexity index is 109. The highest BCUT2D eigenvalue weighted by Gasteiger charge is 2.20. The van der Waals surface area contributed by atoms with Crippen LogP contribution in [0, 0.1) is 0 Å². The standard InChI is InChI=1S/C8H18N2O/c1-7-5-10(4-3-9)6-8(2)11-7/h7-8H,3-6,9H2,1-2H3. The highest BCUT2D eigenvalue weighted by molar-refractivity contribution is 4.72. The number of hydrogen-bond donors (Lipinski definition) is 1. The molecule has 1 aliphatic rings. The van der Waals surface area contributed by atoms with Gasteiger partial charge in [-0.05, 0) is 13.8 Å². The van der Waals surface area contributed by atoms with Crippen LogP contribution in [0.5, 0.6) is 0 Å². The Labute approximate surface area is 68.5 Å². The Morgan fingerprint density at radius 2 is 1.91 bits per heavy atom. The third-order valence-corrected chi connectivity index (χ3v) is 1.94. The summed E-state index contributed by atoms with van der Waals surface area (Å²) in [7, 11) is 0. The van der Waals surface area contributed by atoms with Crippen molar-refractivity contribution in [1.29, 1.82) is 0 Å². The van der Waals surface area contributed by atoms with Crippen LogP contribution in [0.15, 0.2) is 0 Å². The van der Waals surface area contributed by atoms with Gasteiger partial charge in [0.05, 0.1) is 12.2 Å². The lowest BCUT2D eigenvalue weighted by atomic mass is 10.2. The van der Waals surface area contributed by atoms with Crippen LogP contribution in [-0.4, -0.2) is 43.3 Å². The molecule has 2 N–H and O–H groups in total. The van der Waals surface area contributed by atoms with Gasteiger partial charge >= 0.3 is 0 Å². The van der Waals surface area contributed by atoms with Crippen molar-refractivity contribution in [3.8, 4) is 0 Å². The first-order valence-electron chi connectivity index (χ1n) is 4.30. The molecule has 0 aliphatic carbocycles. The lowest BCUT2D eigenvalue weighted by molar-refractivity contribution is -0.0669. The van der Waals surface area contributed by atoms with Gasteiger partial charge in [0.15, 0.2) is 0 Å². The summed E-state index contributed by atoms with van der Waals surface area (Å²) in [6.07, 6.45) is 0.732. The van der Waals surface area contributed by atoms with Gasteiger partial charge in [-0.25, -0.2) is 0 Å². The molecule has 3 heteroatoms. The molecule has 0 amide bonds. The summed E-state index contributed by atoms with van der Waals surface area (Å²) < 4.78 is 5.58. The van der Waals surface area contributed by atoms with Gasteiger partial charge < -0.3 is 10.5 Å². The molecule has 11 heavy (non-hydrogen) atoms. The number of nitrogens with zero attached hydrogens (tertiary/aromatic N) is 1. The minimum Gasteiger partial charge on any atom is -0.373 e. The molecule has 1 fully saturated rings. The van der Waals surface area contributed by atoms with Crippen molar-refractivity contribution in [2.75, 3.05) is 26.2 Å². The summed E-state index contributed by atoms with van der Waals surface area (Å²) >= 11 is 0. The van der Waals surface area contributed by atoms with Crippen LogP contribution in [0.2, 0.25) is 0 Å². The molecule has 0 radical (unpaired) electrons. The predicted octanol–water partition coefficient (Wildman–Crippen LogP) is 0.0543. The van der Waals surface area contributed by atoms with Crippen molar-refractivity contribution in [3.05, 3.63) is 0 Å². The van der Waals surface area contributed by atoms with Gasteiger partial charge in [0, 0.05) is 26.2 Å². The highest BCUT2D eigenvalue weighted by Crippen LogP contribution is 2.09. The molecule has 0 aromatic carbocycles. The largest absolute Gasteiger partial charge is 0.373 e. The van der Waals surface area contributed by atoms with E-state index >= 15 is 0 Å². The molecule has 1 aliphatic heterocycles. The minimum absolute atomic E-state index is 0.366. The van der Waals surface area contributed by atoms with Crippen LogP contribution in [0.1, 0.15) is 13.8 Å². The minimum atomic E-state index is 0.366. The Morgan fingerprint density at radius 3 is 2.36 bits per heavy atom. The Hall–Kier alpha value is -0.120. The van der Waals surface area contributed by atoms with Gasteiger partial charge in [-0.3, -0.25) is 4.90 Å². The summed E-state index contributed by atoms with van der Waals surface area (Å²) in [5, 5.41) is 0. The fraction of sp³-hybridized carbons (Fsp3) is 1.00. The van der Waals surface area contributed by atoms with Crippen LogP contribution < -0.4 is 5.73 Å². The molecule has 2 unspecified atom stereocenters. The zero-order valence-corrected chi connectivity index (χ0v) is 7.42. The smallest absolute Gasteiger partial charge is 0.0678 e. The maximum Gasteiger partial charge on any atom is 0.0678 e. The number of morpholine rings is 1. The van der Waals surface area contributed by atoms with Gasteiger partial charge in [0.25, 0.3) is 0 Å². The Morgan fingerprint density at radius 1 is 1.36 bits per heavy atom. The first-order chi connectivity index (χ1) is 5.22. The van der Waals surface area contributed by atoms with Crippen molar-refractivity contribution < 1.29 is 4.74 Å². The molecule has 2 atom stereocenters. The molecule has 0 aromatic heterocycles. The number of rotatable bonds is 2. The van der Waals surface area contributed by atoms with Gasteiger partial charge in [-0.1, -0.05) is 0 Å². The average Bonchev–Trinajstić information content (AvgIpc) is 1.85. The molecular formula is C8H18N2O. The van der Waals surface area contributed by atoms with Crippen molar-refractivity contribution in [2.45, 2.75) is 26.1 Å². The van der Waals surface area contributed by atoms with Crippen LogP contribution in [0.3, 0.4) is 0 Å². The molecule has 1 rings (SSSR count). The van der Waals surface area contributed by atoms with Gasteiger partial charge in [-0.15, -0.1) is 0 Å². The summed E-state index contributed by atoms with van der Waals surface area (Å²) in [5.41, 5.74) is 5.47. The Kier molecular flexibility index (Phi) is 3.30. The van der Waals surface area contributed by atoms with E-state index in [1.54, 1.807) is 0 Å². The number of ether oxygens (including phenoxy) is 1. The first kappa shape index (κ1) is 8.97. The topological polar surface area (TPSA) is 38.5 Å². The van der Waals surface area contributed by atoms with E-state index in [1.165, 1.54) is 0 Å². The average molecular weight is 158 g/mol. The van der Waals surface area contributed by atoms with Gasteiger partial charge in [0.2, 0.25) is 0 Å². The van der Waals surface area contributed by atoms with Crippen molar-refractivity contribution >= 4 is 0 Å². The van der Waals surface area contributed by atoms with E-state index in [4.69, 9.17) is 10.5 Å². The van der Waals surface area contributed by atoms with E-state index in [2.05, 4.69) is 18.7 Å². The van der Waals surface area contributed by atoms with E-state index in [0.29, 0.717) is 12.2 Å². The second kappa shape index (κ2) is 4.04. The lowest BCUT2D eigenvalue weighted by Crippen LogP contribution is -2.46. The van der Waals surface area contributed by atoms with E-state index in [1.807, 2.05) is 0 Å². The first-order valence-corrected chi connectivity index (χ1v) is 4.30. The van der Waals surface area contributed by atoms with Crippen LogP contribution in [0.25, 0.3) is 0 Å². The van der Waals surface area contributed by atoms with Crippen molar-refractivity contribution in [3.63, 3.8) is 0 Å². The second-order valence-corrected chi connectivity index (χ2v) is 3.31.